The lowest BCUT2D eigenvalue weighted by molar-refractivity contribution is -0.125. The monoisotopic (exact) mass is 443 g/mol. The number of anilines is 2. The van der Waals surface area contributed by atoms with E-state index in [1.54, 1.807) is 23.1 Å². The van der Waals surface area contributed by atoms with E-state index in [0.717, 1.165) is 19.5 Å². The number of fused-ring (bicyclic) bond motifs is 1. The Morgan fingerprint density at radius 2 is 2.03 bits per heavy atom. The summed E-state index contributed by atoms with van der Waals surface area (Å²) in [6, 6.07) is 13.7. The van der Waals surface area contributed by atoms with Crippen molar-refractivity contribution in [1.82, 2.24) is 5.32 Å². The van der Waals surface area contributed by atoms with Gasteiger partial charge in [-0.15, -0.1) is 0 Å². The maximum absolute atomic E-state index is 12.7. The first-order valence-electron chi connectivity index (χ1n) is 10.8. The van der Waals surface area contributed by atoms with Crippen LogP contribution in [0.4, 0.5) is 11.4 Å². The highest BCUT2D eigenvalue weighted by Gasteiger charge is 2.24. The first kappa shape index (κ1) is 22.9. The Kier molecular flexibility index (Phi) is 8.18. The van der Waals surface area contributed by atoms with Crippen LogP contribution in [0, 0.1) is 6.92 Å². The lowest BCUT2D eigenvalue weighted by Gasteiger charge is -2.29. The third-order valence-electron chi connectivity index (χ3n) is 5.33. The Bertz CT molecular complexity index is 919. The lowest BCUT2D eigenvalue weighted by atomic mass is 10.2. The van der Waals surface area contributed by atoms with Crippen molar-refractivity contribution < 1.29 is 14.3 Å². The molecule has 2 aromatic carbocycles. The Balaban J connectivity index is 1.41. The van der Waals surface area contributed by atoms with Crippen molar-refractivity contribution in [3.05, 3.63) is 53.1 Å². The number of amides is 2. The maximum Gasteiger partial charge on any atom is 0.227 e. The number of carbonyl (C=O) groups is 2. The molecule has 0 aromatic heterocycles. The van der Waals surface area contributed by atoms with Crippen LogP contribution >= 0.6 is 11.6 Å². The number of halogens is 1. The van der Waals surface area contributed by atoms with Gasteiger partial charge in [0, 0.05) is 43.2 Å². The molecular formula is C24H30ClN3O3. The first-order chi connectivity index (χ1) is 15.0. The van der Waals surface area contributed by atoms with Gasteiger partial charge in [-0.25, -0.2) is 0 Å². The normalized spacial score (nSPS) is 12.7. The third-order valence-corrected chi connectivity index (χ3v) is 5.56. The fraction of sp³-hybridized carbons (Fsp3) is 0.417. The van der Waals surface area contributed by atoms with Gasteiger partial charge in [0.05, 0.1) is 12.2 Å². The predicted molar refractivity (Wildman–Crippen MR) is 125 cm³/mol. The Morgan fingerprint density at radius 1 is 1.19 bits per heavy atom. The maximum atomic E-state index is 12.7. The minimum Gasteiger partial charge on any atom is -0.490 e. The molecule has 2 aromatic rings. The van der Waals surface area contributed by atoms with E-state index in [-0.39, 0.29) is 24.7 Å². The largest absolute Gasteiger partial charge is 0.490 e. The van der Waals surface area contributed by atoms with Gasteiger partial charge in [0.2, 0.25) is 11.8 Å². The molecule has 0 saturated heterocycles. The highest BCUT2D eigenvalue weighted by atomic mass is 35.5. The second kappa shape index (κ2) is 11.0. The third kappa shape index (κ3) is 6.37. The average molecular weight is 444 g/mol. The van der Waals surface area contributed by atoms with Gasteiger partial charge in [0.15, 0.2) is 0 Å². The number of hydrogen-bond donors (Lipinski definition) is 1. The SMILES string of the molecule is CCN(CCCNC(=O)CCC(=O)N1CCOc2ccc(Cl)cc21)c1cccc(C)c1. The molecule has 0 saturated carbocycles. The molecule has 3 rings (SSSR count). The molecule has 1 aliphatic rings. The zero-order valence-corrected chi connectivity index (χ0v) is 19.0. The van der Waals surface area contributed by atoms with E-state index in [1.165, 1.54) is 11.3 Å². The number of ether oxygens (including phenoxy) is 1. The van der Waals surface area contributed by atoms with Crippen LogP contribution in [0.2, 0.25) is 5.02 Å². The number of rotatable bonds is 9. The van der Waals surface area contributed by atoms with Crippen molar-refractivity contribution in [3.63, 3.8) is 0 Å². The molecule has 1 aliphatic heterocycles. The fourth-order valence-electron chi connectivity index (χ4n) is 3.69. The molecule has 0 radical (unpaired) electrons. The second-order valence-electron chi connectivity index (χ2n) is 7.63. The second-order valence-corrected chi connectivity index (χ2v) is 8.06. The predicted octanol–water partition coefficient (Wildman–Crippen LogP) is 4.19. The molecule has 166 valence electrons. The average Bonchev–Trinajstić information content (AvgIpc) is 2.77. The quantitative estimate of drug-likeness (QED) is 0.590. The van der Waals surface area contributed by atoms with Gasteiger partial charge in [-0.1, -0.05) is 23.7 Å². The van der Waals surface area contributed by atoms with E-state index in [2.05, 4.69) is 48.3 Å². The molecule has 0 fully saturated rings. The van der Waals surface area contributed by atoms with Gasteiger partial charge in [0.1, 0.15) is 12.4 Å². The topological polar surface area (TPSA) is 61.9 Å². The van der Waals surface area contributed by atoms with E-state index >= 15 is 0 Å². The Labute approximate surface area is 189 Å². The van der Waals surface area contributed by atoms with E-state index in [0.29, 0.717) is 36.2 Å². The number of nitrogens with one attached hydrogen (secondary N) is 1. The van der Waals surface area contributed by atoms with Gasteiger partial charge in [-0.2, -0.15) is 0 Å². The van der Waals surface area contributed by atoms with Gasteiger partial charge in [-0.05, 0) is 56.2 Å². The first-order valence-corrected chi connectivity index (χ1v) is 11.2. The van der Waals surface area contributed by atoms with Crippen LogP contribution in [-0.4, -0.2) is 44.6 Å². The number of carbonyl (C=O) groups excluding carboxylic acids is 2. The lowest BCUT2D eigenvalue weighted by Crippen LogP contribution is -2.38. The van der Waals surface area contributed by atoms with E-state index in [1.807, 2.05) is 0 Å². The standard InChI is InChI=1S/C24H30ClN3O3/c1-3-27(20-7-4-6-18(2)16-20)13-5-12-26-23(29)10-11-24(30)28-14-15-31-22-9-8-19(25)17-21(22)28/h4,6-9,16-17H,3,5,10-15H2,1-2H3,(H,26,29). The molecule has 0 spiro atoms. The molecule has 0 bridgehead atoms. The number of nitrogens with zero attached hydrogens (tertiary/aromatic N) is 2. The molecule has 1 heterocycles. The molecule has 0 unspecified atom stereocenters. The minimum absolute atomic E-state index is 0.0985. The van der Waals surface area contributed by atoms with Crippen LogP contribution in [0.15, 0.2) is 42.5 Å². The van der Waals surface area contributed by atoms with Crippen LogP contribution in [0.1, 0.15) is 31.7 Å². The summed E-state index contributed by atoms with van der Waals surface area (Å²) in [6.45, 7) is 7.47. The van der Waals surface area contributed by atoms with Crippen molar-refractivity contribution in [1.29, 1.82) is 0 Å². The minimum atomic E-state index is -0.105. The summed E-state index contributed by atoms with van der Waals surface area (Å²) in [6.07, 6.45) is 1.17. The summed E-state index contributed by atoms with van der Waals surface area (Å²) in [5.74, 6) is 0.438. The summed E-state index contributed by atoms with van der Waals surface area (Å²) in [5.41, 5.74) is 3.10. The number of hydrogen-bond acceptors (Lipinski definition) is 4. The van der Waals surface area contributed by atoms with Gasteiger partial charge < -0.3 is 19.9 Å². The van der Waals surface area contributed by atoms with Crippen molar-refractivity contribution in [2.45, 2.75) is 33.1 Å². The molecule has 6 nitrogen and oxygen atoms in total. The smallest absolute Gasteiger partial charge is 0.227 e. The molecule has 7 heteroatoms. The van der Waals surface area contributed by atoms with Crippen molar-refractivity contribution in [2.75, 3.05) is 42.6 Å². The van der Waals surface area contributed by atoms with Gasteiger partial charge in [0.25, 0.3) is 0 Å². The van der Waals surface area contributed by atoms with Crippen molar-refractivity contribution >= 4 is 34.8 Å². The molecule has 1 N–H and O–H groups in total. The number of aryl methyl sites for hydroxylation is 1. The van der Waals surface area contributed by atoms with Gasteiger partial charge >= 0.3 is 0 Å². The summed E-state index contributed by atoms with van der Waals surface area (Å²) in [4.78, 5) is 28.8. The molecule has 0 atom stereocenters. The zero-order valence-electron chi connectivity index (χ0n) is 18.2. The van der Waals surface area contributed by atoms with Crippen LogP contribution < -0.4 is 19.9 Å². The Hall–Kier alpha value is -2.73. The summed E-state index contributed by atoms with van der Waals surface area (Å²) in [5, 5.41) is 3.48. The van der Waals surface area contributed by atoms with Crippen LogP contribution in [-0.2, 0) is 9.59 Å². The zero-order chi connectivity index (χ0) is 22.2. The molecular weight excluding hydrogens is 414 g/mol. The van der Waals surface area contributed by atoms with E-state index in [4.69, 9.17) is 16.3 Å². The van der Waals surface area contributed by atoms with Crippen LogP contribution in [0.3, 0.4) is 0 Å². The Morgan fingerprint density at radius 3 is 2.81 bits per heavy atom. The van der Waals surface area contributed by atoms with E-state index < -0.39 is 0 Å². The van der Waals surface area contributed by atoms with Crippen LogP contribution in [0.25, 0.3) is 0 Å². The highest BCUT2D eigenvalue weighted by molar-refractivity contribution is 6.31. The van der Waals surface area contributed by atoms with E-state index in [9.17, 15) is 9.59 Å². The summed E-state index contributed by atoms with van der Waals surface area (Å²) in [7, 11) is 0. The van der Waals surface area contributed by atoms with Crippen molar-refractivity contribution in [3.8, 4) is 5.75 Å². The van der Waals surface area contributed by atoms with Crippen molar-refractivity contribution in [2.24, 2.45) is 0 Å². The van der Waals surface area contributed by atoms with Crippen LogP contribution in [0.5, 0.6) is 5.75 Å². The van der Waals surface area contributed by atoms with Gasteiger partial charge in [-0.3, -0.25) is 9.59 Å². The number of benzene rings is 2. The fourth-order valence-corrected chi connectivity index (χ4v) is 3.85. The molecule has 31 heavy (non-hydrogen) atoms. The molecule has 0 aliphatic carbocycles. The summed E-state index contributed by atoms with van der Waals surface area (Å²) >= 11 is 6.06. The summed E-state index contributed by atoms with van der Waals surface area (Å²) < 4.78 is 5.58. The molecule has 2 amide bonds. The highest BCUT2D eigenvalue weighted by Crippen LogP contribution is 2.34.